The predicted molar refractivity (Wildman–Crippen MR) is 52.1 cm³/mol. The van der Waals surface area contributed by atoms with Crippen molar-refractivity contribution in [3.8, 4) is 0 Å². The van der Waals surface area contributed by atoms with E-state index in [1.807, 2.05) is 0 Å². The van der Waals surface area contributed by atoms with Gasteiger partial charge in [-0.2, -0.15) is 0 Å². The lowest BCUT2D eigenvalue weighted by atomic mass is 9.67. The maximum atomic E-state index is 6.44. The van der Waals surface area contributed by atoms with Crippen LogP contribution < -0.4 is 5.73 Å². The first-order chi connectivity index (χ1) is 6.29. The third kappa shape index (κ3) is 0.707. The molecule has 13 heavy (non-hydrogen) atoms. The van der Waals surface area contributed by atoms with Crippen LogP contribution in [0.1, 0.15) is 38.5 Å². The quantitative estimate of drug-likeness (QED) is 0.603. The summed E-state index contributed by atoms with van der Waals surface area (Å²) in [6.45, 7) is 0. The van der Waals surface area contributed by atoms with Gasteiger partial charge in [-0.15, -0.1) is 0 Å². The molecule has 4 saturated carbocycles. The van der Waals surface area contributed by atoms with E-state index in [1.165, 1.54) is 32.1 Å². The first kappa shape index (κ1) is 7.28. The molecule has 3 unspecified atom stereocenters. The van der Waals surface area contributed by atoms with Crippen LogP contribution >= 0.6 is 0 Å². The molecule has 4 rings (SSSR count). The van der Waals surface area contributed by atoms with Gasteiger partial charge in [-0.3, -0.25) is 0 Å². The molecule has 72 valence electrons. The van der Waals surface area contributed by atoms with Crippen LogP contribution in [0.3, 0.4) is 0 Å². The highest BCUT2D eigenvalue weighted by Crippen LogP contribution is 2.70. The van der Waals surface area contributed by atoms with Gasteiger partial charge in [0.15, 0.2) is 0 Å². The van der Waals surface area contributed by atoms with Gasteiger partial charge in [0.2, 0.25) is 0 Å². The molecule has 1 nitrogen and oxygen atoms in total. The second kappa shape index (κ2) is 1.98. The summed E-state index contributed by atoms with van der Waals surface area (Å²) in [7, 11) is 0. The Kier molecular flexibility index (Phi) is 1.11. The van der Waals surface area contributed by atoms with E-state index >= 15 is 0 Å². The molecule has 4 aliphatic rings. The molecule has 0 heterocycles. The number of rotatable bonds is 0. The van der Waals surface area contributed by atoms with Gasteiger partial charge >= 0.3 is 0 Å². The fraction of sp³-hybridized carbons (Fsp3) is 1.00. The number of hydrogen-bond acceptors (Lipinski definition) is 1. The van der Waals surface area contributed by atoms with Crippen LogP contribution in [0.5, 0.6) is 0 Å². The molecule has 4 aliphatic carbocycles. The molecular weight excluding hydrogens is 158 g/mol. The van der Waals surface area contributed by atoms with Crippen molar-refractivity contribution in [3.05, 3.63) is 0 Å². The summed E-state index contributed by atoms with van der Waals surface area (Å²) in [6, 6.07) is 0.596. The fourth-order valence-electron chi connectivity index (χ4n) is 5.08. The summed E-state index contributed by atoms with van der Waals surface area (Å²) in [5.74, 6) is 4.19. The van der Waals surface area contributed by atoms with Gasteiger partial charge in [0.1, 0.15) is 0 Å². The lowest BCUT2D eigenvalue weighted by molar-refractivity contribution is 0.121. The molecular formula is C12H19N. The Morgan fingerprint density at radius 1 is 0.923 bits per heavy atom. The van der Waals surface area contributed by atoms with Crippen molar-refractivity contribution in [2.75, 3.05) is 0 Å². The van der Waals surface area contributed by atoms with Crippen molar-refractivity contribution in [3.63, 3.8) is 0 Å². The van der Waals surface area contributed by atoms with Gasteiger partial charge < -0.3 is 5.73 Å². The molecule has 2 bridgehead atoms. The SMILES string of the molecule is N[C@@H]1C2CC[C@@H](C2)C12CC1CC1C2. The minimum Gasteiger partial charge on any atom is -0.327 e. The Morgan fingerprint density at radius 3 is 2.31 bits per heavy atom. The standard InChI is InChI=1S/C12H19N/c13-11-7-1-2-10(4-7)12(11)5-8-3-9(8)6-12/h7-11H,1-6,13H2/t7?,8?,9?,10-,11+,12?/m0/s1. The van der Waals surface area contributed by atoms with Gasteiger partial charge in [0.25, 0.3) is 0 Å². The van der Waals surface area contributed by atoms with Gasteiger partial charge in [-0.25, -0.2) is 0 Å². The first-order valence-corrected chi connectivity index (χ1v) is 6.05. The third-order valence-electron chi connectivity index (χ3n) is 5.81. The van der Waals surface area contributed by atoms with Gasteiger partial charge in [0, 0.05) is 6.04 Å². The molecule has 0 aromatic rings. The highest BCUT2D eigenvalue weighted by molar-refractivity contribution is 5.16. The Morgan fingerprint density at radius 2 is 1.69 bits per heavy atom. The average molecular weight is 177 g/mol. The van der Waals surface area contributed by atoms with Crippen LogP contribution in [0.15, 0.2) is 0 Å². The topological polar surface area (TPSA) is 26.0 Å². The van der Waals surface area contributed by atoms with Crippen LogP contribution in [0.25, 0.3) is 0 Å². The molecule has 0 aliphatic heterocycles. The Labute approximate surface area is 80.1 Å². The second-order valence-electron chi connectivity index (χ2n) is 6.19. The van der Waals surface area contributed by atoms with E-state index in [-0.39, 0.29) is 0 Å². The summed E-state index contributed by atoms with van der Waals surface area (Å²) in [5, 5.41) is 0. The van der Waals surface area contributed by atoms with E-state index in [4.69, 9.17) is 5.73 Å². The highest BCUT2D eigenvalue weighted by atomic mass is 14.8. The molecule has 0 saturated heterocycles. The van der Waals surface area contributed by atoms with E-state index in [0.29, 0.717) is 11.5 Å². The van der Waals surface area contributed by atoms with Gasteiger partial charge in [-0.05, 0) is 67.6 Å². The maximum Gasteiger partial charge on any atom is 0.0127 e. The normalized spacial score (nSPS) is 67.6. The van der Waals surface area contributed by atoms with Crippen molar-refractivity contribution < 1.29 is 0 Å². The van der Waals surface area contributed by atoms with Crippen molar-refractivity contribution in [2.45, 2.75) is 44.6 Å². The Bertz CT molecular complexity index is 246. The number of nitrogens with two attached hydrogens (primary N) is 1. The predicted octanol–water partition coefficient (Wildman–Crippen LogP) is 2.16. The molecule has 1 spiro atoms. The summed E-state index contributed by atoms with van der Waals surface area (Å²) >= 11 is 0. The molecule has 0 aromatic heterocycles. The molecule has 0 amide bonds. The van der Waals surface area contributed by atoms with E-state index in [1.54, 1.807) is 6.42 Å². The van der Waals surface area contributed by atoms with Crippen LogP contribution in [0, 0.1) is 29.1 Å². The molecule has 1 heteroatoms. The zero-order chi connectivity index (χ0) is 8.63. The smallest absolute Gasteiger partial charge is 0.0127 e. The van der Waals surface area contributed by atoms with Crippen LogP contribution in [0.2, 0.25) is 0 Å². The fourth-order valence-corrected chi connectivity index (χ4v) is 5.08. The highest BCUT2D eigenvalue weighted by Gasteiger charge is 2.64. The monoisotopic (exact) mass is 177 g/mol. The van der Waals surface area contributed by atoms with E-state index < -0.39 is 0 Å². The van der Waals surface area contributed by atoms with Gasteiger partial charge in [0.05, 0.1) is 0 Å². The second-order valence-corrected chi connectivity index (χ2v) is 6.19. The summed E-state index contributed by atoms with van der Waals surface area (Å²) in [5.41, 5.74) is 7.11. The van der Waals surface area contributed by atoms with Crippen molar-refractivity contribution >= 4 is 0 Å². The van der Waals surface area contributed by atoms with E-state index in [0.717, 1.165) is 23.7 Å². The summed E-state index contributed by atoms with van der Waals surface area (Å²) in [6.07, 6.45) is 9.02. The van der Waals surface area contributed by atoms with Crippen molar-refractivity contribution in [1.29, 1.82) is 0 Å². The molecule has 0 radical (unpaired) electrons. The average Bonchev–Trinajstić information content (AvgIpc) is 2.55. The number of fused-ring (bicyclic) bond motifs is 4. The van der Waals surface area contributed by atoms with Crippen LogP contribution in [-0.2, 0) is 0 Å². The first-order valence-electron chi connectivity index (χ1n) is 6.05. The summed E-state index contributed by atoms with van der Waals surface area (Å²) in [4.78, 5) is 0. The van der Waals surface area contributed by atoms with Crippen molar-refractivity contribution in [1.82, 2.24) is 0 Å². The third-order valence-corrected chi connectivity index (χ3v) is 5.81. The van der Waals surface area contributed by atoms with Crippen LogP contribution in [-0.4, -0.2) is 6.04 Å². The minimum atomic E-state index is 0.596. The zero-order valence-corrected chi connectivity index (χ0v) is 8.21. The molecule has 0 aromatic carbocycles. The minimum absolute atomic E-state index is 0.596. The van der Waals surface area contributed by atoms with Crippen LogP contribution in [0.4, 0.5) is 0 Å². The lowest BCUT2D eigenvalue weighted by Gasteiger charge is -2.40. The number of hydrogen-bond donors (Lipinski definition) is 1. The Hall–Kier alpha value is -0.0400. The lowest BCUT2D eigenvalue weighted by Crippen LogP contribution is -2.45. The van der Waals surface area contributed by atoms with E-state index in [2.05, 4.69) is 0 Å². The largest absolute Gasteiger partial charge is 0.327 e. The molecule has 4 fully saturated rings. The molecule has 5 atom stereocenters. The maximum absolute atomic E-state index is 6.44. The molecule has 2 N–H and O–H groups in total. The van der Waals surface area contributed by atoms with Crippen molar-refractivity contribution in [2.24, 2.45) is 34.8 Å². The van der Waals surface area contributed by atoms with E-state index in [9.17, 15) is 0 Å². The summed E-state index contributed by atoms with van der Waals surface area (Å²) < 4.78 is 0. The Balaban J connectivity index is 1.72. The zero-order valence-electron chi connectivity index (χ0n) is 8.21. The van der Waals surface area contributed by atoms with Gasteiger partial charge in [-0.1, -0.05) is 0 Å².